The van der Waals surface area contributed by atoms with Gasteiger partial charge in [0.1, 0.15) is 5.84 Å². The van der Waals surface area contributed by atoms with Gasteiger partial charge < -0.3 is 5.32 Å². The van der Waals surface area contributed by atoms with Gasteiger partial charge >= 0.3 is 0 Å². The molecule has 1 aliphatic heterocycles. The Morgan fingerprint density at radius 3 is 2.50 bits per heavy atom. The zero-order valence-corrected chi connectivity index (χ0v) is 13.6. The number of amidine groups is 1. The zero-order valence-electron chi connectivity index (χ0n) is 13.6. The summed E-state index contributed by atoms with van der Waals surface area (Å²) in [5.74, 6) is 0.621. The fourth-order valence-electron chi connectivity index (χ4n) is 3.54. The standard InChI is InChI=1S/C21H13N3O2/c25-24(26)18-12-11-14-7-4-10-17-19(14)20(18)23-21(22-17)16-9-3-6-13-5-1-2-8-15(13)16/h1-12H,(H,22,23). The molecule has 5 nitrogen and oxygen atoms in total. The van der Waals surface area contributed by atoms with E-state index in [0.29, 0.717) is 11.5 Å². The van der Waals surface area contributed by atoms with Crippen molar-refractivity contribution in [2.45, 2.75) is 0 Å². The van der Waals surface area contributed by atoms with Gasteiger partial charge in [-0.2, -0.15) is 0 Å². The van der Waals surface area contributed by atoms with Gasteiger partial charge in [-0.1, -0.05) is 54.6 Å². The molecule has 0 spiro atoms. The van der Waals surface area contributed by atoms with Crippen LogP contribution in [0, 0.1) is 10.1 Å². The maximum Gasteiger partial charge on any atom is 0.295 e. The Bertz CT molecular complexity index is 1240. The fourth-order valence-corrected chi connectivity index (χ4v) is 3.54. The first-order valence-electron chi connectivity index (χ1n) is 8.26. The van der Waals surface area contributed by atoms with Crippen LogP contribution in [0.2, 0.25) is 0 Å². The smallest absolute Gasteiger partial charge is 0.295 e. The lowest BCUT2D eigenvalue weighted by atomic mass is 10.0. The average molecular weight is 339 g/mol. The molecule has 0 aromatic heterocycles. The predicted octanol–water partition coefficient (Wildman–Crippen LogP) is 5.41. The molecule has 5 heteroatoms. The van der Waals surface area contributed by atoms with Crippen LogP contribution in [0.5, 0.6) is 0 Å². The van der Waals surface area contributed by atoms with Crippen molar-refractivity contribution in [1.82, 2.24) is 0 Å². The van der Waals surface area contributed by atoms with E-state index in [9.17, 15) is 10.1 Å². The Labute approximate surface area is 148 Å². The van der Waals surface area contributed by atoms with E-state index in [-0.39, 0.29) is 10.6 Å². The Kier molecular flexibility index (Phi) is 3.03. The number of nitrogens with zero attached hydrogens (tertiary/aromatic N) is 2. The number of nitrogens with one attached hydrogen (secondary N) is 1. The van der Waals surface area contributed by atoms with E-state index in [1.54, 1.807) is 6.07 Å². The quantitative estimate of drug-likeness (QED) is 0.392. The molecule has 0 aliphatic carbocycles. The Balaban J connectivity index is 1.83. The minimum absolute atomic E-state index is 0.0178. The summed E-state index contributed by atoms with van der Waals surface area (Å²) in [7, 11) is 0. The summed E-state index contributed by atoms with van der Waals surface area (Å²) in [6.45, 7) is 0. The third kappa shape index (κ3) is 2.07. The molecule has 26 heavy (non-hydrogen) atoms. The van der Waals surface area contributed by atoms with Crippen LogP contribution in [0.15, 0.2) is 77.8 Å². The van der Waals surface area contributed by atoms with E-state index in [0.717, 1.165) is 32.8 Å². The number of anilines is 1. The number of nitro groups is 1. The molecule has 4 aromatic rings. The maximum atomic E-state index is 11.5. The summed E-state index contributed by atoms with van der Waals surface area (Å²) in [4.78, 5) is 15.8. The summed E-state index contributed by atoms with van der Waals surface area (Å²) in [5.41, 5.74) is 2.18. The molecule has 4 aromatic carbocycles. The van der Waals surface area contributed by atoms with Crippen LogP contribution >= 0.6 is 0 Å². The van der Waals surface area contributed by atoms with Crippen molar-refractivity contribution < 1.29 is 4.92 Å². The lowest BCUT2D eigenvalue weighted by Crippen LogP contribution is -2.17. The monoisotopic (exact) mass is 339 g/mol. The number of fused-ring (bicyclic) bond motifs is 1. The van der Waals surface area contributed by atoms with Crippen LogP contribution < -0.4 is 5.32 Å². The number of hydrogen-bond donors (Lipinski definition) is 1. The molecule has 5 rings (SSSR count). The Hall–Kier alpha value is -3.73. The van der Waals surface area contributed by atoms with Gasteiger partial charge in [0.05, 0.1) is 4.92 Å². The molecule has 0 saturated carbocycles. The summed E-state index contributed by atoms with van der Waals surface area (Å²) < 4.78 is 0. The molecule has 0 fully saturated rings. The fraction of sp³-hybridized carbons (Fsp3) is 0. The molecule has 0 unspecified atom stereocenters. The second-order valence-corrected chi connectivity index (χ2v) is 6.21. The number of hydrogen-bond acceptors (Lipinski definition) is 4. The second-order valence-electron chi connectivity index (χ2n) is 6.21. The molecule has 1 heterocycles. The minimum atomic E-state index is -0.374. The van der Waals surface area contributed by atoms with Gasteiger partial charge in [0.25, 0.3) is 5.69 Å². The highest BCUT2D eigenvalue weighted by Crippen LogP contribution is 2.42. The first-order valence-corrected chi connectivity index (χ1v) is 8.26. The minimum Gasteiger partial charge on any atom is -0.339 e. The molecule has 0 radical (unpaired) electrons. The van der Waals surface area contributed by atoms with Crippen molar-refractivity contribution in [2.24, 2.45) is 4.99 Å². The predicted molar refractivity (Wildman–Crippen MR) is 104 cm³/mol. The number of rotatable bonds is 2. The molecular weight excluding hydrogens is 326 g/mol. The molecule has 124 valence electrons. The van der Waals surface area contributed by atoms with E-state index < -0.39 is 0 Å². The number of benzene rings is 4. The van der Waals surface area contributed by atoms with Crippen molar-refractivity contribution in [2.75, 3.05) is 5.32 Å². The summed E-state index contributed by atoms with van der Waals surface area (Å²) in [6, 6.07) is 23.1. The van der Waals surface area contributed by atoms with Crippen LogP contribution in [0.4, 0.5) is 17.1 Å². The van der Waals surface area contributed by atoms with E-state index in [4.69, 9.17) is 0 Å². The Morgan fingerprint density at radius 2 is 1.62 bits per heavy atom. The lowest BCUT2D eigenvalue weighted by Gasteiger charge is -2.20. The third-order valence-electron chi connectivity index (χ3n) is 4.72. The van der Waals surface area contributed by atoms with E-state index in [2.05, 4.69) is 10.3 Å². The third-order valence-corrected chi connectivity index (χ3v) is 4.72. The molecule has 0 amide bonds. The molecule has 0 atom stereocenters. The normalized spacial score (nSPS) is 12.7. The van der Waals surface area contributed by atoms with Crippen LogP contribution in [-0.2, 0) is 0 Å². The van der Waals surface area contributed by atoms with Gasteiger partial charge in [0.15, 0.2) is 5.69 Å². The van der Waals surface area contributed by atoms with Gasteiger partial charge in [-0.15, -0.1) is 0 Å². The van der Waals surface area contributed by atoms with Gasteiger partial charge in [0, 0.05) is 22.7 Å². The van der Waals surface area contributed by atoms with Gasteiger partial charge in [-0.3, -0.25) is 10.1 Å². The van der Waals surface area contributed by atoms with Gasteiger partial charge in [-0.05, 0) is 28.3 Å². The first-order chi connectivity index (χ1) is 12.7. The molecule has 0 saturated heterocycles. The van der Waals surface area contributed by atoms with Crippen LogP contribution in [-0.4, -0.2) is 10.8 Å². The maximum absolute atomic E-state index is 11.5. The molecule has 0 bridgehead atoms. The summed E-state index contributed by atoms with van der Waals surface area (Å²) in [5, 5.41) is 18.8. The highest BCUT2D eigenvalue weighted by molar-refractivity contribution is 6.23. The van der Waals surface area contributed by atoms with Crippen molar-refractivity contribution in [3.8, 4) is 0 Å². The van der Waals surface area contributed by atoms with Gasteiger partial charge in [0.2, 0.25) is 0 Å². The van der Waals surface area contributed by atoms with Gasteiger partial charge in [-0.25, -0.2) is 4.99 Å². The van der Waals surface area contributed by atoms with Crippen molar-refractivity contribution in [3.05, 3.63) is 88.5 Å². The summed E-state index contributed by atoms with van der Waals surface area (Å²) >= 11 is 0. The number of nitro benzene ring substituents is 1. The zero-order chi connectivity index (χ0) is 17.7. The van der Waals surface area contributed by atoms with E-state index in [1.165, 1.54) is 6.07 Å². The second kappa shape index (κ2) is 5.39. The average Bonchev–Trinajstić information content (AvgIpc) is 2.67. The van der Waals surface area contributed by atoms with Crippen molar-refractivity contribution in [1.29, 1.82) is 0 Å². The SMILES string of the molecule is O=[N+]([O-])c1ccc2cccc3c2c1N=C(c1cccc2ccccc12)N3. The topological polar surface area (TPSA) is 67.5 Å². The van der Waals surface area contributed by atoms with E-state index >= 15 is 0 Å². The van der Waals surface area contributed by atoms with Crippen LogP contribution in [0.3, 0.4) is 0 Å². The summed E-state index contributed by atoms with van der Waals surface area (Å²) in [6.07, 6.45) is 0. The first kappa shape index (κ1) is 14.6. The van der Waals surface area contributed by atoms with Crippen LogP contribution in [0.1, 0.15) is 5.56 Å². The van der Waals surface area contributed by atoms with Crippen molar-refractivity contribution in [3.63, 3.8) is 0 Å². The largest absolute Gasteiger partial charge is 0.339 e. The highest BCUT2D eigenvalue weighted by atomic mass is 16.6. The number of aliphatic imine (C=N–C) groups is 1. The lowest BCUT2D eigenvalue weighted by molar-refractivity contribution is -0.383. The molecule has 1 N–H and O–H groups in total. The van der Waals surface area contributed by atoms with E-state index in [1.807, 2.05) is 60.7 Å². The Morgan fingerprint density at radius 1 is 0.846 bits per heavy atom. The van der Waals surface area contributed by atoms with Crippen molar-refractivity contribution >= 4 is 44.4 Å². The highest BCUT2D eigenvalue weighted by Gasteiger charge is 2.24. The molecular formula is C21H13N3O2. The molecule has 1 aliphatic rings. The van der Waals surface area contributed by atoms with Crippen LogP contribution in [0.25, 0.3) is 21.5 Å².